The predicted octanol–water partition coefficient (Wildman–Crippen LogP) is 1.81. The molecule has 1 aromatic carbocycles. The van der Waals surface area contributed by atoms with Gasteiger partial charge in [0.2, 0.25) is 5.91 Å². The summed E-state index contributed by atoms with van der Waals surface area (Å²) in [5.41, 5.74) is 7.38. The Kier molecular flexibility index (Phi) is 3.92. The van der Waals surface area contributed by atoms with E-state index in [0.717, 1.165) is 25.1 Å². The summed E-state index contributed by atoms with van der Waals surface area (Å²) in [5, 5.41) is 2.91. The van der Waals surface area contributed by atoms with E-state index in [1.165, 1.54) is 5.56 Å². The lowest BCUT2D eigenvalue weighted by molar-refractivity contribution is -0.121. The lowest BCUT2D eigenvalue weighted by Crippen LogP contribution is -2.50. The Balaban J connectivity index is 1.97. The molecule has 4 nitrogen and oxygen atoms in total. The van der Waals surface area contributed by atoms with Gasteiger partial charge in [0, 0.05) is 12.2 Å². The Morgan fingerprint density at radius 1 is 1.37 bits per heavy atom. The van der Waals surface area contributed by atoms with Gasteiger partial charge in [-0.25, -0.2) is 0 Å². The fourth-order valence-corrected chi connectivity index (χ4v) is 2.19. The van der Waals surface area contributed by atoms with Gasteiger partial charge in [-0.1, -0.05) is 12.1 Å². The molecular formula is C15H23N3O. The highest BCUT2D eigenvalue weighted by Crippen LogP contribution is 2.38. The summed E-state index contributed by atoms with van der Waals surface area (Å²) < 4.78 is 0. The highest BCUT2D eigenvalue weighted by Gasteiger charge is 2.44. The highest BCUT2D eigenvalue weighted by atomic mass is 16.2. The second-order valence-corrected chi connectivity index (χ2v) is 5.95. The first kappa shape index (κ1) is 14.0. The van der Waals surface area contributed by atoms with Crippen molar-refractivity contribution in [3.63, 3.8) is 0 Å². The summed E-state index contributed by atoms with van der Waals surface area (Å²) in [6.45, 7) is 2.71. The van der Waals surface area contributed by atoms with E-state index >= 15 is 0 Å². The largest absolute Gasteiger partial charge is 0.324 e. The average Bonchev–Trinajstić information content (AvgIpc) is 3.15. The number of benzene rings is 1. The highest BCUT2D eigenvalue weighted by molar-refractivity contribution is 5.98. The van der Waals surface area contributed by atoms with Crippen molar-refractivity contribution < 1.29 is 4.79 Å². The molecule has 19 heavy (non-hydrogen) atoms. The Morgan fingerprint density at radius 3 is 2.42 bits per heavy atom. The van der Waals surface area contributed by atoms with Crippen molar-refractivity contribution in [2.75, 3.05) is 19.4 Å². The zero-order valence-electron chi connectivity index (χ0n) is 11.9. The number of hydrogen-bond acceptors (Lipinski definition) is 3. The number of nitrogens with one attached hydrogen (secondary N) is 1. The first-order valence-electron chi connectivity index (χ1n) is 6.73. The molecule has 0 saturated heterocycles. The zero-order valence-corrected chi connectivity index (χ0v) is 11.9. The Labute approximate surface area is 115 Å². The lowest BCUT2D eigenvalue weighted by atomic mass is 9.96. The predicted molar refractivity (Wildman–Crippen MR) is 77.8 cm³/mol. The van der Waals surface area contributed by atoms with E-state index in [-0.39, 0.29) is 5.91 Å². The molecule has 2 rings (SSSR count). The van der Waals surface area contributed by atoms with Crippen molar-refractivity contribution in [3.05, 3.63) is 29.8 Å². The van der Waals surface area contributed by atoms with Crippen molar-refractivity contribution in [1.29, 1.82) is 0 Å². The van der Waals surface area contributed by atoms with Crippen LogP contribution in [-0.2, 0) is 11.3 Å². The fourth-order valence-electron chi connectivity index (χ4n) is 2.19. The molecular weight excluding hydrogens is 238 g/mol. The maximum absolute atomic E-state index is 12.1. The maximum Gasteiger partial charge on any atom is 0.244 e. The molecule has 0 aliphatic heterocycles. The van der Waals surface area contributed by atoms with Gasteiger partial charge in [-0.15, -0.1) is 0 Å². The number of carbonyl (C=O) groups excluding carboxylic acids is 1. The summed E-state index contributed by atoms with van der Waals surface area (Å²) in [7, 11) is 4.07. The summed E-state index contributed by atoms with van der Waals surface area (Å²) >= 11 is 0. The van der Waals surface area contributed by atoms with Crippen molar-refractivity contribution >= 4 is 11.6 Å². The van der Waals surface area contributed by atoms with Crippen LogP contribution in [0, 0.1) is 5.92 Å². The summed E-state index contributed by atoms with van der Waals surface area (Å²) in [4.78, 5) is 14.2. The van der Waals surface area contributed by atoms with E-state index < -0.39 is 5.54 Å². The molecule has 0 heterocycles. The number of rotatable bonds is 5. The molecule has 0 aromatic heterocycles. The van der Waals surface area contributed by atoms with Crippen LogP contribution >= 0.6 is 0 Å². The van der Waals surface area contributed by atoms with Crippen molar-refractivity contribution in [2.45, 2.75) is 31.8 Å². The second kappa shape index (κ2) is 5.31. The summed E-state index contributed by atoms with van der Waals surface area (Å²) in [6.07, 6.45) is 2.12. The summed E-state index contributed by atoms with van der Waals surface area (Å²) in [5.74, 6) is 0.246. The van der Waals surface area contributed by atoms with Crippen LogP contribution in [-0.4, -0.2) is 30.4 Å². The number of hydrogen-bond donors (Lipinski definition) is 2. The van der Waals surface area contributed by atoms with Gasteiger partial charge in [-0.2, -0.15) is 0 Å². The third-order valence-corrected chi connectivity index (χ3v) is 3.63. The van der Waals surface area contributed by atoms with Gasteiger partial charge >= 0.3 is 0 Å². The average molecular weight is 261 g/mol. The van der Waals surface area contributed by atoms with E-state index in [2.05, 4.69) is 10.2 Å². The van der Waals surface area contributed by atoms with E-state index in [9.17, 15) is 4.79 Å². The number of nitrogens with zero attached hydrogens (tertiary/aromatic N) is 1. The molecule has 4 heteroatoms. The molecule has 1 saturated carbocycles. The van der Waals surface area contributed by atoms with Crippen LogP contribution in [0.25, 0.3) is 0 Å². The smallest absolute Gasteiger partial charge is 0.244 e. The molecule has 1 amide bonds. The SMILES string of the molecule is CN(C)Cc1ccc(NC(=O)C(C)(N)C2CC2)cc1. The molecule has 1 atom stereocenters. The molecule has 1 unspecified atom stereocenters. The topological polar surface area (TPSA) is 58.4 Å². The molecule has 1 aliphatic rings. The van der Waals surface area contributed by atoms with Gasteiger partial charge in [-0.3, -0.25) is 4.79 Å². The number of anilines is 1. The van der Waals surface area contributed by atoms with Crippen LogP contribution in [0.3, 0.4) is 0 Å². The molecule has 0 radical (unpaired) electrons. The van der Waals surface area contributed by atoms with E-state index in [4.69, 9.17) is 5.73 Å². The van der Waals surface area contributed by atoms with Crippen LogP contribution in [0.1, 0.15) is 25.3 Å². The third kappa shape index (κ3) is 3.55. The second-order valence-electron chi connectivity index (χ2n) is 5.95. The minimum atomic E-state index is -0.748. The number of amides is 1. The Bertz CT molecular complexity index is 447. The van der Waals surface area contributed by atoms with Crippen LogP contribution in [0.15, 0.2) is 24.3 Å². The van der Waals surface area contributed by atoms with E-state index in [0.29, 0.717) is 5.92 Å². The van der Waals surface area contributed by atoms with Crippen LogP contribution in [0.4, 0.5) is 5.69 Å². The Morgan fingerprint density at radius 2 is 1.95 bits per heavy atom. The minimum Gasteiger partial charge on any atom is -0.324 e. The lowest BCUT2D eigenvalue weighted by Gasteiger charge is -2.23. The van der Waals surface area contributed by atoms with Gasteiger partial charge in [0.15, 0.2) is 0 Å². The maximum atomic E-state index is 12.1. The molecule has 104 valence electrons. The van der Waals surface area contributed by atoms with Crippen LogP contribution < -0.4 is 11.1 Å². The monoisotopic (exact) mass is 261 g/mol. The van der Waals surface area contributed by atoms with Crippen molar-refractivity contribution in [3.8, 4) is 0 Å². The van der Waals surface area contributed by atoms with Crippen molar-refractivity contribution in [1.82, 2.24) is 4.90 Å². The fraction of sp³-hybridized carbons (Fsp3) is 0.533. The molecule has 0 bridgehead atoms. The van der Waals surface area contributed by atoms with Gasteiger partial charge in [0.1, 0.15) is 0 Å². The molecule has 1 aliphatic carbocycles. The zero-order chi connectivity index (χ0) is 14.0. The molecule has 0 spiro atoms. The normalized spacial score (nSPS) is 18.2. The van der Waals surface area contributed by atoms with Gasteiger partial charge in [-0.05, 0) is 57.5 Å². The van der Waals surface area contributed by atoms with Gasteiger partial charge < -0.3 is 16.0 Å². The Hall–Kier alpha value is -1.39. The standard InChI is InChI=1S/C15H23N3O/c1-15(16,12-6-7-12)14(19)17-13-8-4-11(5-9-13)10-18(2)3/h4-5,8-9,12H,6-7,10,16H2,1-3H3,(H,17,19). The number of carbonyl (C=O) groups is 1. The molecule has 1 aromatic rings. The summed E-state index contributed by atoms with van der Waals surface area (Å²) in [6, 6.07) is 7.92. The van der Waals surface area contributed by atoms with E-state index in [1.54, 1.807) is 0 Å². The molecule has 3 N–H and O–H groups in total. The molecule has 1 fully saturated rings. The first-order chi connectivity index (χ1) is 8.89. The van der Waals surface area contributed by atoms with Gasteiger partial charge in [0.25, 0.3) is 0 Å². The quantitative estimate of drug-likeness (QED) is 0.850. The van der Waals surface area contributed by atoms with Crippen LogP contribution in [0.2, 0.25) is 0 Å². The van der Waals surface area contributed by atoms with Crippen molar-refractivity contribution in [2.24, 2.45) is 11.7 Å². The number of nitrogens with two attached hydrogens (primary N) is 1. The first-order valence-corrected chi connectivity index (χ1v) is 6.73. The van der Waals surface area contributed by atoms with E-state index in [1.807, 2.05) is 45.3 Å². The minimum absolute atomic E-state index is 0.0876. The van der Waals surface area contributed by atoms with Crippen LogP contribution in [0.5, 0.6) is 0 Å². The third-order valence-electron chi connectivity index (χ3n) is 3.63. The van der Waals surface area contributed by atoms with Gasteiger partial charge in [0.05, 0.1) is 5.54 Å².